The van der Waals surface area contributed by atoms with Crippen molar-refractivity contribution in [3.8, 4) is 0 Å². The first-order valence-corrected chi connectivity index (χ1v) is 231. The zero-order valence-electron chi connectivity index (χ0n) is 15.0. The van der Waals surface area contributed by atoms with Crippen molar-refractivity contribution in [2.24, 2.45) is 0 Å². The molecule has 0 saturated heterocycles. The van der Waals surface area contributed by atoms with Crippen molar-refractivity contribution in [3.63, 3.8) is 0 Å². The Hall–Kier alpha value is 27.0. The SMILES string of the molecule is [2H]I(I)I(I)I(I)I(I)I(I)I(I)I(I)I(I)I(I)I(I)I(I)I(I)I(I)I(I)I(I)I(I)I(I)I(I)I. The molecule has 0 aromatic carbocycles. The summed E-state index contributed by atoms with van der Waals surface area (Å²) in [5.41, 5.74) is 0. The summed E-state index contributed by atoms with van der Waals surface area (Å²) in [5.74, 6) is 0. The molecule has 0 spiro atoms. The summed E-state index contributed by atoms with van der Waals surface area (Å²) >= 11 is 58.9. The van der Waals surface area contributed by atoms with Gasteiger partial charge in [0.2, 0.25) is 0 Å². The first kappa shape index (κ1) is 62.0. The summed E-state index contributed by atoms with van der Waals surface area (Å²) < 4.78 is 8.55. The van der Waals surface area contributed by atoms with Gasteiger partial charge >= 0.3 is 502 Å². The van der Waals surface area contributed by atoms with Crippen LogP contribution in [-0.2, 0) is 0 Å². The Labute approximate surface area is 472 Å². The second-order valence-corrected chi connectivity index (χ2v) is 848. The van der Waals surface area contributed by atoms with Gasteiger partial charge in [-0.2, -0.15) is 0 Å². The minimum absolute atomic E-state index is 0.456. The van der Waals surface area contributed by atoms with Crippen LogP contribution in [0.15, 0.2) is 0 Å². The molecule has 0 unspecified atom stereocenters. The van der Waals surface area contributed by atoms with E-state index < -0.39 is 147 Å². The first-order valence-electron chi connectivity index (χ1n) is 5.52. The van der Waals surface area contributed by atoms with E-state index in [9.17, 15) is 0 Å². The fraction of sp³-hybridized carbons (Fsp3) is 0. The number of hydrogen-bond acceptors (Lipinski definition) is 0. The molecule has 37 heteroatoms. The van der Waals surface area contributed by atoms with E-state index in [0.717, 1.165) is 0 Å². The van der Waals surface area contributed by atoms with Gasteiger partial charge in [0, 0.05) is 0 Å². The van der Waals surface area contributed by atoms with Gasteiger partial charge in [-0.25, -0.2) is 0 Å². The van der Waals surface area contributed by atoms with E-state index in [1.54, 1.807) is 0 Å². The Morgan fingerprint density at radius 3 is 0.622 bits per heavy atom. The van der Waals surface area contributed by atoms with Crippen LogP contribution in [0.25, 0.3) is 0 Å². The quantitative estimate of drug-likeness (QED) is 0.127. The predicted molar refractivity (Wildman–Crippen MR) is 520 cm³/mol. The molecule has 0 aromatic heterocycles. The van der Waals surface area contributed by atoms with Gasteiger partial charge in [0.05, 0.1) is 0 Å². The molecule has 0 fully saturated rings. The molecule has 260 valence electrons. The summed E-state index contributed by atoms with van der Waals surface area (Å²) in [6, 6.07) is 0. The molecule has 0 radical (unpaired) electrons. The average molecular weight is 4700 g/mol. The Morgan fingerprint density at radius 2 is 0.459 bits per heavy atom. The van der Waals surface area contributed by atoms with E-state index in [1.165, 1.54) is 0 Å². The van der Waals surface area contributed by atoms with Crippen LogP contribution in [0.3, 0.4) is 0 Å². The Morgan fingerprint density at radius 1 is 0.297 bits per heavy atom. The molecule has 37 heavy (non-hydrogen) atoms. The first-order chi connectivity index (χ1) is 17.2. The molecular formula is HI37. The third-order valence-corrected chi connectivity index (χ3v) is 2730. The van der Waals surface area contributed by atoms with E-state index in [4.69, 9.17) is 0.594 Å². The fourth-order valence-corrected chi connectivity index (χ4v) is 6500. The summed E-state index contributed by atoms with van der Waals surface area (Å²) in [5, 5.41) is 0. The minimum atomic E-state index is -1.21. The van der Waals surface area contributed by atoms with Crippen LogP contribution < -0.4 is 0 Å². The monoisotopic (exact) mass is 4700 g/mol. The maximum atomic E-state index is 8.55. The molecule has 0 N–H and O–H groups in total. The molecule has 0 aliphatic rings. The van der Waals surface area contributed by atoms with Gasteiger partial charge in [0.25, 0.3) is 0 Å². The Balaban J connectivity index is 5.37. The van der Waals surface area contributed by atoms with Crippen molar-refractivity contribution in [1.29, 1.82) is 0.594 Å². The van der Waals surface area contributed by atoms with Crippen molar-refractivity contribution >= 4 is 501 Å². The molecular weight excluding hydrogens is 4700 g/mol. The average Bonchev–Trinajstić information content (AvgIpc) is 2.89. The van der Waals surface area contributed by atoms with Crippen LogP contribution in [0, 0.1) is 0 Å². The molecule has 0 atom stereocenters. The number of halogens is 37. The number of hydrogen-bond donors (Lipinski definition) is 0. The van der Waals surface area contributed by atoms with Gasteiger partial charge < -0.3 is 0 Å². The predicted octanol–water partition coefficient (Wildman–Crippen LogP) is 32.5. The van der Waals surface area contributed by atoms with Crippen LogP contribution in [0.2, 0.25) is 0 Å². The summed E-state index contributed by atoms with van der Waals surface area (Å²) in [6.07, 6.45) is 0. The number of rotatable bonds is 17. The van der Waals surface area contributed by atoms with Gasteiger partial charge in [0.15, 0.2) is 0 Å². The van der Waals surface area contributed by atoms with Gasteiger partial charge in [-0.1, -0.05) is 0 Å². The van der Waals surface area contributed by atoms with Crippen molar-refractivity contribution in [3.05, 3.63) is 0 Å². The second-order valence-electron chi connectivity index (χ2n) is 2.81. The zero-order valence-corrected chi connectivity index (χ0v) is 93.8. The van der Waals surface area contributed by atoms with Crippen molar-refractivity contribution < 1.29 is 0 Å². The van der Waals surface area contributed by atoms with E-state index in [-0.39, 0.29) is 0 Å². The zero-order chi connectivity index (χ0) is 30.4. The van der Waals surface area contributed by atoms with Crippen LogP contribution in [0.1, 0.15) is 0 Å². The van der Waals surface area contributed by atoms with Crippen molar-refractivity contribution in [2.45, 2.75) is 0 Å². The molecule has 0 nitrogen and oxygen atoms in total. The summed E-state index contributed by atoms with van der Waals surface area (Å²) in [7, 11) is -9.46. The molecule has 0 bridgehead atoms. The third kappa shape index (κ3) is 27.1. The molecule has 0 aliphatic carbocycles. The second kappa shape index (κ2) is 38.8. The Bertz CT molecular complexity index is 570. The van der Waals surface area contributed by atoms with Gasteiger partial charge in [-0.3, -0.25) is 0 Å². The summed E-state index contributed by atoms with van der Waals surface area (Å²) in [4.78, 5) is 0. The van der Waals surface area contributed by atoms with Gasteiger partial charge in [0.1, 0.15) is 0 Å². The van der Waals surface area contributed by atoms with E-state index in [0.29, 0.717) is 0 Å². The standard InChI is InChI=1S/HI37/c1-20-22(4)24(6)26(8)28(10)30(12)32(14)34(16)36(18)37(19)35(17)33(15)31(13)29(11)27(9)25(7)23(5)21(2)3/h20H/i20D. The van der Waals surface area contributed by atoms with Gasteiger partial charge in [-0.15, -0.1) is 0 Å². The van der Waals surface area contributed by atoms with Crippen molar-refractivity contribution in [1.82, 2.24) is 0 Å². The molecule has 0 heterocycles. The summed E-state index contributed by atoms with van der Waals surface area (Å²) in [6.45, 7) is 0. The van der Waals surface area contributed by atoms with Crippen LogP contribution in [0.5, 0.6) is 0 Å². The topological polar surface area (TPSA) is 0 Å². The normalized spacial score (nSPS) is 19.2. The molecule has 0 amide bonds. The molecule has 0 rings (SSSR count). The van der Waals surface area contributed by atoms with Crippen molar-refractivity contribution in [2.75, 3.05) is 0 Å². The molecule has 0 aromatic rings. The molecule has 0 saturated carbocycles. The molecule has 0 aliphatic heterocycles. The van der Waals surface area contributed by atoms with Crippen LogP contribution >= 0.6 is 501 Å². The fourth-order valence-electron chi connectivity index (χ4n) is 0.478. The maximum absolute atomic E-state index is 8.55. The van der Waals surface area contributed by atoms with E-state index in [1.807, 2.05) is 0 Å². The van der Waals surface area contributed by atoms with E-state index >= 15 is 0 Å². The van der Waals surface area contributed by atoms with E-state index in [2.05, 4.69) is 354 Å². The van der Waals surface area contributed by atoms with Crippen LogP contribution in [0.4, 0.5) is 0 Å². The Kier molecular flexibility index (Phi) is 65.1. The third-order valence-electron chi connectivity index (χ3n) is 1.35. The van der Waals surface area contributed by atoms with Crippen LogP contribution in [-0.4, -0.2) is 0.594 Å². The van der Waals surface area contributed by atoms with Gasteiger partial charge in [-0.05, 0) is 0 Å².